The highest BCUT2D eigenvalue weighted by Crippen LogP contribution is 2.22. The van der Waals surface area contributed by atoms with Crippen molar-refractivity contribution >= 4 is 5.91 Å². The van der Waals surface area contributed by atoms with Gasteiger partial charge in [0.15, 0.2) is 0 Å². The van der Waals surface area contributed by atoms with Crippen molar-refractivity contribution in [2.75, 3.05) is 6.54 Å². The van der Waals surface area contributed by atoms with Crippen LogP contribution >= 0.6 is 0 Å². The molecule has 1 aromatic rings. The van der Waals surface area contributed by atoms with E-state index in [1.54, 1.807) is 0 Å². The normalized spacial score (nSPS) is 13.4. The van der Waals surface area contributed by atoms with E-state index in [1.165, 1.54) is 0 Å². The van der Waals surface area contributed by atoms with Gasteiger partial charge in [-0.3, -0.25) is 4.79 Å². The van der Waals surface area contributed by atoms with Crippen molar-refractivity contribution in [1.82, 2.24) is 5.32 Å². The molecule has 1 aromatic carbocycles. The summed E-state index contributed by atoms with van der Waals surface area (Å²) in [7, 11) is 0. The highest BCUT2D eigenvalue weighted by atomic mass is 16.2. The molecule has 1 amide bonds. The molecule has 0 saturated heterocycles. The maximum atomic E-state index is 12.2. The molecule has 1 unspecified atom stereocenters. The summed E-state index contributed by atoms with van der Waals surface area (Å²) in [6, 6.07) is 9.80. The Morgan fingerprint density at radius 3 is 2.33 bits per heavy atom. The summed E-state index contributed by atoms with van der Waals surface area (Å²) in [5.41, 5.74) is 6.42. The first-order chi connectivity index (χ1) is 8.35. The Kier molecular flexibility index (Phi) is 4.91. The highest BCUT2D eigenvalue weighted by molar-refractivity contribution is 5.87. The fourth-order valence-corrected chi connectivity index (χ4v) is 1.65. The minimum Gasteiger partial charge on any atom is -0.354 e. The Hall–Kier alpha value is -1.35. The van der Waals surface area contributed by atoms with Crippen LogP contribution in [0.15, 0.2) is 30.3 Å². The van der Waals surface area contributed by atoms with Crippen LogP contribution in [0.5, 0.6) is 0 Å². The summed E-state index contributed by atoms with van der Waals surface area (Å²) >= 11 is 0. The highest BCUT2D eigenvalue weighted by Gasteiger charge is 2.29. The lowest BCUT2D eigenvalue weighted by molar-refractivity contribution is -0.125. The van der Waals surface area contributed by atoms with E-state index >= 15 is 0 Å². The largest absolute Gasteiger partial charge is 0.354 e. The van der Waals surface area contributed by atoms with Crippen molar-refractivity contribution in [3.63, 3.8) is 0 Å². The maximum Gasteiger partial charge on any atom is 0.230 e. The second-order valence-electron chi connectivity index (χ2n) is 5.61. The molecule has 0 saturated carbocycles. The van der Waals surface area contributed by atoms with E-state index in [9.17, 15) is 4.79 Å². The van der Waals surface area contributed by atoms with Gasteiger partial charge < -0.3 is 11.1 Å². The number of amides is 1. The molecular weight excluding hydrogens is 224 g/mol. The topological polar surface area (TPSA) is 55.1 Å². The quantitative estimate of drug-likeness (QED) is 0.838. The number of carbonyl (C=O) groups is 1. The van der Waals surface area contributed by atoms with Gasteiger partial charge in [-0.15, -0.1) is 0 Å². The van der Waals surface area contributed by atoms with Gasteiger partial charge in [-0.05, 0) is 25.3 Å². The van der Waals surface area contributed by atoms with Crippen LogP contribution in [0.25, 0.3) is 0 Å². The average Bonchev–Trinajstić information content (AvgIpc) is 2.36. The molecule has 0 bridgehead atoms. The molecule has 0 heterocycles. The van der Waals surface area contributed by atoms with Crippen molar-refractivity contribution in [3.8, 4) is 0 Å². The van der Waals surface area contributed by atoms with Crippen molar-refractivity contribution in [2.24, 2.45) is 11.7 Å². The van der Waals surface area contributed by atoms with E-state index in [0.29, 0.717) is 12.5 Å². The summed E-state index contributed by atoms with van der Waals surface area (Å²) in [6.07, 6.45) is 0. The fraction of sp³-hybridized carbons (Fsp3) is 0.533. The first-order valence-electron chi connectivity index (χ1n) is 6.45. The number of carbonyl (C=O) groups excluding carboxylic acids is 1. The molecule has 3 nitrogen and oxygen atoms in total. The predicted molar refractivity (Wildman–Crippen MR) is 75.3 cm³/mol. The van der Waals surface area contributed by atoms with Gasteiger partial charge in [-0.1, -0.05) is 44.2 Å². The van der Waals surface area contributed by atoms with Crippen LogP contribution in [0, 0.1) is 5.92 Å². The van der Waals surface area contributed by atoms with E-state index < -0.39 is 5.41 Å². The van der Waals surface area contributed by atoms with Crippen LogP contribution in [-0.4, -0.2) is 18.5 Å². The van der Waals surface area contributed by atoms with Gasteiger partial charge in [-0.25, -0.2) is 0 Å². The van der Waals surface area contributed by atoms with Gasteiger partial charge in [0, 0.05) is 12.6 Å². The summed E-state index contributed by atoms with van der Waals surface area (Å²) in [4.78, 5) is 12.2. The molecule has 0 radical (unpaired) electrons. The lowest BCUT2D eigenvalue weighted by Crippen LogP contribution is -2.46. The zero-order valence-corrected chi connectivity index (χ0v) is 11.7. The van der Waals surface area contributed by atoms with Crippen molar-refractivity contribution in [1.29, 1.82) is 0 Å². The molecule has 18 heavy (non-hydrogen) atoms. The predicted octanol–water partition coefficient (Wildman–Crippen LogP) is 2.06. The van der Waals surface area contributed by atoms with Gasteiger partial charge in [-0.2, -0.15) is 0 Å². The third-order valence-corrected chi connectivity index (χ3v) is 3.42. The van der Waals surface area contributed by atoms with Crippen LogP contribution in [0.3, 0.4) is 0 Å². The minimum atomic E-state index is -0.530. The minimum absolute atomic E-state index is 0.000485. The van der Waals surface area contributed by atoms with E-state index in [1.807, 2.05) is 44.2 Å². The first kappa shape index (κ1) is 14.7. The Balaban J connectivity index is 2.66. The third-order valence-electron chi connectivity index (χ3n) is 3.42. The third kappa shape index (κ3) is 3.57. The first-order valence-corrected chi connectivity index (χ1v) is 6.45. The van der Waals surface area contributed by atoms with Crippen LogP contribution in [0.4, 0.5) is 0 Å². The molecular formula is C15H24N2O. The Morgan fingerprint density at radius 1 is 1.28 bits per heavy atom. The van der Waals surface area contributed by atoms with Gasteiger partial charge in [0.2, 0.25) is 5.91 Å². The van der Waals surface area contributed by atoms with Gasteiger partial charge in [0.05, 0.1) is 5.41 Å². The zero-order valence-electron chi connectivity index (χ0n) is 11.7. The van der Waals surface area contributed by atoms with Crippen LogP contribution in [0.1, 0.15) is 33.3 Å². The molecule has 100 valence electrons. The molecule has 0 aliphatic heterocycles. The molecule has 3 heteroatoms. The van der Waals surface area contributed by atoms with Gasteiger partial charge >= 0.3 is 0 Å². The molecule has 1 rings (SSSR count). The summed E-state index contributed by atoms with van der Waals surface area (Å²) in [5, 5.41) is 2.94. The second kappa shape index (κ2) is 6.01. The Labute approximate surface area is 110 Å². The van der Waals surface area contributed by atoms with E-state index in [2.05, 4.69) is 19.2 Å². The van der Waals surface area contributed by atoms with Crippen LogP contribution in [0.2, 0.25) is 0 Å². The maximum absolute atomic E-state index is 12.2. The Bertz CT molecular complexity index is 385. The molecule has 0 aromatic heterocycles. The summed E-state index contributed by atoms with van der Waals surface area (Å²) in [6.45, 7) is 8.49. The molecule has 0 aliphatic rings. The molecule has 0 fully saturated rings. The van der Waals surface area contributed by atoms with Crippen molar-refractivity contribution in [2.45, 2.75) is 39.2 Å². The standard InChI is InChI=1S/C15H24N2O/c1-11(2)13(16)10-17-14(18)15(3,4)12-8-6-5-7-9-12/h5-9,11,13H,10,16H2,1-4H3,(H,17,18). The van der Waals surface area contributed by atoms with Crippen LogP contribution < -0.4 is 11.1 Å². The molecule has 0 aliphatic carbocycles. The smallest absolute Gasteiger partial charge is 0.230 e. The van der Waals surface area contributed by atoms with Crippen LogP contribution in [-0.2, 0) is 10.2 Å². The molecule has 0 spiro atoms. The number of rotatable bonds is 5. The fourth-order valence-electron chi connectivity index (χ4n) is 1.65. The Morgan fingerprint density at radius 2 is 1.83 bits per heavy atom. The monoisotopic (exact) mass is 248 g/mol. The van der Waals surface area contributed by atoms with E-state index in [0.717, 1.165) is 5.56 Å². The summed E-state index contributed by atoms with van der Waals surface area (Å²) in [5.74, 6) is 0.384. The molecule has 3 N–H and O–H groups in total. The van der Waals surface area contributed by atoms with Crippen molar-refractivity contribution in [3.05, 3.63) is 35.9 Å². The van der Waals surface area contributed by atoms with E-state index in [4.69, 9.17) is 5.73 Å². The lowest BCUT2D eigenvalue weighted by Gasteiger charge is -2.26. The second-order valence-corrected chi connectivity index (χ2v) is 5.61. The van der Waals surface area contributed by atoms with Gasteiger partial charge in [0.1, 0.15) is 0 Å². The number of hydrogen-bond acceptors (Lipinski definition) is 2. The SMILES string of the molecule is CC(C)C(N)CNC(=O)C(C)(C)c1ccccc1. The number of benzene rings is 1. The number of nitrogens with two attached hydrogens (primary N) is 1. The lowest BCUT2D eigenvalue weighted by atomic mass is 9.83. The average molecular weight is 248 g/mol. The number of nitrogens with one attached hydrogen (secondary N) is 1. The van der Waals surface area contributed by atoms with E-state index in [-0.39, 0.29) is 11.9 Å². The number of hydrogen-bond donors (Lipinski definition) is 2. The summed E-state index contributed by atoms with van der Waals surface area (Å²) < 4.78 is 0. The van der Waals surface area contributed by atoms with Crippen molar-refractivity contribution < 1.29 is 4.79 Å². The van der Waals surface area contributed by atoms with Gasteiger partial charge in [0.25, 0.3) is 0 Å². The molecule has 1 atom stereocenters. The zero-order chi connectivity index (χ0) is 13.8.